The summed E-state index contributed by atoms with van der Waals surface area (Å²) in [5, 5.41) is 2.23. The Labute approximate surface area is 249 Å². The van der Waals surface area contributed by atoms with Crippen LogP contribution in [0.3, 0.4) is 0 Å². The summed E-state index contributed by atoms with van der Waals surface area (Å²) in [5.41, 5.74) is 11.1. The van der Waals surface area contributed by atoms with Crippen molar-refractivity contribution in [1.29, 1.82) is 0 Å². The van der Waals surface area contributed by atoms with E-state index in [-0.39, 0.29) is 0 Å². The summed E-state index contributed by atoms with van der Waals surface area (Å²) >= 11 is 0. The molecule has 0 fully saturated rings. The van der Waals surface area contributed by atoms with Gasteiger partial charge < -0.3 is 4.42 Å². The van der Waals surface area contributed by atoms with Crippen LogP contribution in [0.1, 0.15) is 0 Å². The normalized spacial score (nSPS) is 11.3. The Hall–Kier alpha value is -5.80. The van der Waals surface area contributed by atoms with Crippen LogP contribution in [-0.2, 0) is 0 Å². The van der Waals surface area contributed by atoms with Gasteiger partial charge in [-0.25, -0.2) is 9.97 Å². The van der Waals surface area contributed by atoms with Gasteiger partial charge in [0.25, 0.3) is 0 Å². The molecule has 8 rings (SSSR count). The zero-order valence-electron chi connectivity index (χ0n) is 23.3. The fraction of sp³-hybridized carbons (Fsp3) is 0. The lowest BCUT2D eigenvalue weighted by Crippen LogP contribution is -1.96. The molecule has 0 bridgehead atoms. The molecule has 0 unspecified atom stereocenters. The average molecular weight is 551 g/mol. The maximum Gasteiger partial charge on any atom is 0.160 e. The molecule has 0 aliphatic rings. The monoisotopic (exact) mass is 550 g/mol. The van der Waals surface area contributed by atoms with Crippen LogP contribution in [0.5, 0.6) is 0 Å². The second-order valence-electron chi connectivity index (χ2n) is 10.6. The summed E-state index contributed by atoms with van der Waals surface area (Å²) in [5.74, 6) is 0.701. The number of benzene rings is 6. The van der Waals surface area contributed by atoms with E-state index in [2.05, 4.69) is 103 Å². The van der Waals surface area contributed by atoms with Crippen LogP contribution < -0.4 is 0 Å². The number of rotatable bonds is 5. The number of para-hydroxylation sites is 1. The third-order valence-corrected chi connectivity index (χ3v) is 7.88. The van der Waals surface area contributed by atoms with Crippen molar-refractivity contribution < 1.29 is 4.42 Å². The van der Waals surface area contributed by atoms with Gasteiger partial charge in [0.15, 0.2) is 5.82 Å². The van der Waals surface area contributed by atoms with E-state index in [1.807, 2.05) is 54.6 Å². The van der Waals surface area contributed by atoms with Gasteiger partial charge in [-0.3, -0.25) is 0 Å². The van der Waals surface area contributed by atoms with E-state index in [9.17, 15) is 0 Å². The van der Waals surface area contributed by atoms with Crippen LogP contribution in [0.4, 0.5) is 0 Å². The maximum atomic E-state index is 6.25. The highest BCUT2D eigenvalue weighted by Crippen LogP contribution is 2.40. The molecule has 0 amide bonds. The number of aromatic nitrogens is 2. The quantitative estimate of drug-likeness (QED) is 0.214. The van der Waals surface area contributed by atoms with Crippen molar-refractivity contribution in [2.24, 2.45) is 0 Å². The van der Waals surface area contributed by atoms with Gasteiger partial charge in [-0.2, -0.15) is 0 Å². The summed E-state index contributed by atoms with van der Waals surface area (Å²) in [4.78, 5) is 10.1. The molecule has 3 heteroatoms. The van der Waals surface area contributed by atoms with Crippen molar-refractivity contribution in [2.75, 3.05) is 0 Å². The highest BCUT2D eigenvalue weighted by atomic mass is 16.3. The van der Waals surface area contributed by atoms with Crippen molar-refractivity contribution in [3.63, 3.8) is 0 Å². The highest BCUT2D eigenvalue weighted by Gasteiger charge is 2.16. The van der Waals surface area contributed by atoms with Crippen LogP contribution in [0.2, 0.25) is 0 Å². The molecule has 0 aliphatic heterocycles. The van der Waals surface area contributed by atoms with E-state index in [0.29, 0.717) is 5.82 Å². The van der Waals surface area contributed by atoms with Crippen LogP contribution in [-0.4, -0.2) is 9.97 Å². The molecule has 3 nitrogen and oxygen atoms in total. The third-order valence-electron chi connectivity index (χ3n) is 7.88. The Kier molecular flexibility index (Phi) is 6.12. The van der Waals surface area contributed by atoms with Crippen LogP contribution in [0.25, 0.3) is 78.1 Å². The first-order chi connectivity index (χ1) is 21.3. The largest absolute Gasteiger partial charge is 0.456 e. The van der Waals surface area contributed by atoms with E-state index in [4.69, 9.17) is 14.4 Å². The van der Waals surface area contributed by atoms with Crippen molar-refractivity contribution in [3.05, 3.63) is 158 Å². The molecule has 0 saturated carbocycles. The molecule has 0 N–H and O–H groups in total. The number of hydrogen-bond donors (Lipinski definition) is 0. The topological polar surface area (TPSA) is 38.9 Å². The van der Waals surface area contributed by atoms with Crippen molar-refractivity contribution in [1.82, 2.24) is 9.97 Å². The number of hydrogen-bond acceptors (Lipinski definition) is 3. The molecule has 8 aromatic rings. The Bertz CT molecular complexity index is 2160. The minimum atomic E-state index is 0.701. The summed E-state index contributed by atoms with van der Waals surface area (Å²) in [7, 11) is 0. The molecule has 0 aliphatic carbocycles. The zero-order chi connectivity index (χ0) is 28.6. The van der Waals surface area contributed by atoms with E-state index < -0.39 is 0 Å². The molecule has 2 heterocycles. The predicted molar refractivity (Wildman–Crippen MR) is 176 cm³/mol. The van der Waals surface area contributed by atoms with Gasteiger partial charge in [0, 0.05) is 27.5 Å². The SMILES string of the molecule is c1ccc(-c2cc(-c3cc(-c4ccccc4)nc(-c4ccccc4)n3)cc(-c3cccc4oc5ccccc5c34)c2)cc1. The molecule has 2 aromatic heterocycles. The average Bonchev–Trinajstić information content (AvgIpc) is 3.48. The van der Waals surface area contributed by atoms with Gasteiger partial charge >= 0.3 is 0 Å². The Morgan fingerprint density at radius 2 is 0.930 bits per heavy atom. The Morgan fingerprint density at radius 3 is 1.67 bits per heavy atom. The minimum Gasteiger partial charge on any atom is -0.456 e. The van der Waals surface area contributed by atoms with Gasteiger partial charge in [0.2, 0.25) is 0 Å². The lowest BCUT2D eigenvalue weighted by molar-refractivity contribution is 0.669. The zero-order valence-corrected chi connectivity index (χ0v) is 23.3. The summed E-state index contributed by atoms with van der Waals surface area (Å²) in [6, 6.07) is 54.4. The maximum absolute atomic E-state index is 6.25. The van der Waals surface area contributed by atoms with E-state index in [0.717, 1.165) is 72.3 Å². The van der Waals surface area contributed by atoms with Crippen LogP contribution in [0, 0.1) is 0 Å². The van der Waals surface area contributed by atoms with Crippen molar-refractivity contribution >= 4 is 21.9 Å². The molecule has 0 spiro atoms. The second-order valence-corrected chi connectivity index (χ2v) is 10.6. The lowest BCUT2D eigenvalue weighted by Gasteiger charge is -2.14. The molecule has 0 radical (unpaired) electrons. The van der Waals surface area contributed by atoms with Gasteiger partial charge in [-0.15, -0.1) is 0 Å². The van der Waals surface area contributed by atoms with Crippen molar-refractivity contribution in [2.45, 2.75) is 0 Å². The molecule has 43 heavy (non-hydrogen) atoms. The third kappa shape index (κ3) is 4.67. The lowest BCUT2D eigenvalue weighted by atomic mass is 9.92. The van der Waals surface area contributed by atoms with Gasteiger partial charge in [0.1, 0.15) is 11.2 Å². The van der Waals surface area contributed by atoms with Gasteiger partial charge in [0.05, 0.1) is 11.4 Å². The van der Waals surface area contributed by atoms with Crippen LogP contribution in [0.15, 0.2) is 162 Å². The standard InChI is InChI=1S/C40H26N2O/c1-4-13-27(14-5-1)30-23-31(33-20-12-22-38-39(33)34-19-10-11-21-37(34)43-38)25-32(24-30)36-26-35(28-15-6-2-7-16-28)41-40(42-36)29-17-8-3-9-18-29/h1-26H. The predicted octanol–water partition coefficient (Wildman–Crippen LogP) is 10.7. The Morgan fingerprint density at radius 1 is 0.372 bits per heavy atom. The number of nitrogens with zero attached hydrogens (tertiary/aromatic N) is 2. The number of fused-ring (bicyclic) bond motifs is 3. The van der Waals surface area contributed by atoms with Crippen LogP contribution >= 0.6 is 0 Å². The molecular formula is C40H26N2O. The fourth-order valence-electron chi connectivity index (χ4n) is 5.81. The molecule has 6 aromatic carbocycles. The molecule has 0 atom stereocenters. The summed E-state index contributed by atoms with van der Waals surface area (Å²) < 4.78 is 6.25. The van der Waals surface area contributed by atoms with Crippen molar-refractivity contribution in [3.8, 4) is 56.2 Å². The first-order valence-corrected chi connectivity index (χ1v) is 14.4. The summed E-state index contributed by atoms with van der Waals surface area (Å²) in [6.45, 7) is 0. The molecular weight excluding hydrogens is 524 g/mol. The molecule has 202 valence electrons. The first kappa shape index (κ1) is 25.0. The van der Waals surface area contributed by atoms with E-state index >= 15 is 0 Å². The van der Waals surface area contributed by atoms with E-state index in [1.54, 1.807) is 0 Å². The van der Waals surface area contributed by atoms with Gasteiger partial charge in [-0.1, -0.05) is 121 Å². The Balaban J connectivity index is 1.40. The highest BCUT2D eigenvalue weighted by molar-refractivity contribution is 6.12. The second kappa shape index (κ2) is 10.6. The minimum absolute atomic E-state index is 0.701. The molecule has 0 saturated heterocycles. The smallest absolute Gasteiger partial charge is 0.160 e. The summed E-state index contributed by atoms with van der Waals surface area (Å²) in [6.07, 6.45) is 0. The first-order valence-electron chi connectivity index (χ1n) is 14.4. The number of furan rings is 1. The fourth-order valence-corrected chi connectivity index (χ4v) is 5.81. The van der Waals surface area contributed by atoms with E-state index in [1.165, 1.54) is 0 Å². The van der Waals surface area contributed by atoms with Gasteiger partial charge in [-0.05, 0) is 58.7 Å².